The van der Waals surface area contributed by atoms with Crippen LogP contribution in [0.3, 0.4) is 0 Å². The molecule has 172 valence electrons. The Morgan fingerprint density at radius 3 is 2.66 bits per heavy atom. The Kier molecular flexibility index (Phi) is 4.74. The lowest BCUT2D eigenvalue weighted by atomic mass is 10.1. The van der Waals surface area contributed by atoms with E-state index < -0.39 is 10.0 Å². The maximum Gasteiger partial charge on any atom is 0.264 e. The molecule has 0 unspecified atom stereocenters. The van der Waals surface area contributed by atoms with Gasteiger partial charge in [-0.05, 0) is 46.2 Å². The van der Waals surface area contributed by atoms with Crippen LogP contribution >= 0.6 is 0 Å². The number of pyridine rings is 1. The van der Waals surface area contributed by atoms with Gasteiger partial charge in [0.05, 0.1) is 41.0 Å². The molecule has 0 radical (unpaired) electrons. The largest absolute Gasteiger partial charge is 0.278 e. The highest BCUT2D eigenvalue weighted by Crippen LogP contribution is 2.28. The minimum Gasteiger partial charge on any atom is -0.278 e. The molecule has 1 N–H and O–H groups in total. The summed E-state index contributed by atoms with van der Waals surface area (Å²) < 4.78 is 35.0. The van der Waals surface area contributed by atoms with Crippen LogP contribution in [0.5, 0.6) is 0 Å². The second-order valence-corrected chi connectivity index (χ2v) is 9.47. The van der Waals surface area contributed by atoms with Crippen LogP contribution in [0.15, 0.2) is 83.0 Å². The first-order valence-electron chi connectivity index (χ1n) is 10.4. The number of rotatable bonds is 5. The fraction of sp³-hybridized carbons (Fsp3) is 0.0435. The van der Waals surface area contributed by atoms with Crippen molar-refractivity contribution >= 4 is 37.8 Å². The summed E-state index contributed by atoms with van der Waals surface area (Å²) in [4.78, 5) is 13.4. The normalized spacial score (nSPS) is 11.8. The molecular weight excluding hydrogens is 468 g/mol. The van der Waals surface area contributed by atoms with E-state index in [2.05, 4.69) is 34.7 Å². The van der Waals surface area contributed by atoms with E-state index in [1.54, 1.807) is 41.5 Å². The van der Waals surface area contributed by atoms with Crippen molar-refractivity contribution in [2.45, 2.75) is 4.90 Å². The third kappa shape index (κ3) is 3.85. The summed E-state index contributed by atoms with van der Waals surface area (Å²) in [5.74, 6) is 0. The first-order valence-corrected chi connectivity index (χ1v) is 11.9. The molecule has 0 aliphatic carbocycles. The van der Waals surface area contributed by atoms with Crippen LogP contribution in [-0.2, 0) is 17.1 Å². The number of aryl methyl sites for hydroxylation is 1. The van der Waals surface area contributed by atoms with Gasteiger partial charge in [0.1, 0.15) is 10.4 Å². The lowest BCUT2D eigenvalue weighted by Gasteiger charge is -2.10. The Morgan fingerprint density at radius 1 is 0.886 bits per heavy atom. The van der Waals surface area contributed by atoms with Gasteiger partial charge in [-0.2, -0.15) is 5.10 Å². The fourth-order valence-electron chi connectivity index (χ4n) is 3.75. The minimum atomic E-state index is -3.96. The molecule has 2 aromatic carbocycles. The smallest absolute Gasteiger partial charge is 0.264 e. The second kappa shape index (κ2) is 7.95. The number of nitrogens with one attached hydrogen (secondary N) is 1. The Labute approximate surface area is 198 Å². The maximum absolute atomic E-state index is 13.0. The van der Waals surface area contributed by atoms with Crippen LogP contribution < -0.4 is 4.72 Å². The summed E-state index contributed by atoms with van der Waals surface area (Å²) in [6, 6.07) is 12.0. The number of hydrogen-bond acceptors (Lipinski definition) is 9. The molecule has 0 atom stereocenters. The highest BCUT2D eigenvalue weighted by molar-refractivity contribution is 7.93. The van der Waals surface area contributed by atoms with Crippen LogP contribution in [0, 0.1) is 0 Å². The highest BCUT2D eigenvalue weighted by atomic mass is 32.2. The molecule has 0 aliphatic rings. The van der Waals surface area contributed by atoms with E-state index in [-0.39, 0.29) is 10.4 Å². The standard InChI is InChI=1S/C23H16N8O3S/c1-31-13-16(10-26-31)21-12-25-18-6-5-14(8-20(18)27-21)15-7-17(11-24-9-15)30-35(32,33)22-4-2-3-19-23(22)29-34-28-19/h2-13,30H,1H3. The predicted octanol–water partition coefficient (Wildman–Crippen LogP) is 3.43. The molecule has 0 amide bonds. The Morgan fingerprint density at radius 2 is 1.80 bits per heavy atom. The summed E-state index contributed by atoms with van der Waals surface area (Å²) >= 11 is 0. The zero-order chi connectivity index (χ0) is 24.0. The summed E-state index contributed by atoms with van der Waals surface area (Å²) in [6.45, 7) is 0. The first kappa shape index (κ1) is 20.9. The number of sulfonamides is 1. The van der Waals surface area contributed by atoms with Gasteiger partial charge < -0.3 is 0 Å². The van der Waals surface area contributed by atoms with E-state index in [1.807, 2.05) is 31.4 Å². The molecule has 0 saturated heterocycles. The van der Waals surface area contributed by atoms with Crippen LogP contribution in [-0.4, -0.2) is 43.5 Å². The van der Waals surface area contributed by atoms with Crippen molar-refractivity contribution in [3.63, 3.8) is 0 Å². The molecule has 35 heavy (non-hydrogen) atoms. The van der Waals surface area contributed by atoms with Crippen molar-refractivity contribution in [2.24, 2.45) is 7.05 Å². The lowest BCUT2D eigenvalue weighted by molar-refractivity contribution is 0.315. The van der Waals surface area contributed by atoms with Crippen LogP contribution in [0.25, 0.3) is 44.5 Å². The van der Waals surface area contributed by atoms with Gasteiger partial charge in [-0.15, -0.1) is 0 Å². The van der Waals surface area contributed by atoms with E-state index in [0.717, 1.165) is 16.6 Å². The van der Waals surface area contributed by atoms with Gasteiger partial charge in [-0.25, -0.2) is 18.0 Å². The van der Waals surface area contributed by atoms with Gasteiger partial charge >= 0.3 is 0 Å². The number of fused-ring (bicyclic) bond motifs is 2. The van der Waals surface area contributed by atoms with Gasteiger partial charge in [0.15, 0.2) is 5.52 Å². The number of anilines is 1. The number of benzene rings is 2. The van der Waals surface area contributed by atoms with Crippen LogP contribution in [0.2, 0.25) is 0 Å². The average Bonchev–Trinajstić information content (AvgIpc) is 3.52. The van der Waals surface area contributed by atoms with E-state index in [4.69, 9.17) is 4.98 Å². The SMILES string of the molecule is Cn1cc(-c2cnc3ccc(-c4cncc(NS(=O)(=O)c5cccc6nonc56)c4)cc3n2)cn1. The molecule has 0 bridgehead atoms. The molecule has 0 aliphatic heterocycles. The highest BCUT2D eigenvalue weighted by Gasteiger charge is 2.21. The van der Waals surface area contributed by atoms with E-state index in [1.165, 1.54) is 12.3 Å². The molecule has 12 heteroatoms. The van der Waals surface area contributed by atoms with Gasteiger partial charge in [0.2, 0.25) is 0 Å². The zero-order valence-electron chi connectivity index (χ0n) is 18.2. The summed E-state index contributed by atoms with van der Waals surface area (Å²) in [6.07, 6.45) is 8.40. The number of hydrogen-bond donors (Lipinski definition) is 1. The first-order chi connectivity index (χ1) is 17.0. The quantitative estimate of drug-likeness (QED) is 0.389. The summed E-state index contributed by atoms with van der Waals surface area (Å²) in [7, 11) is -2.12. The summed E-state index contributed by atoms with van der Waals surface area (Å²) in [5, 5.41) is 11.6. The van der Waals surface area contributed by atoms with Crippen molar-refractivity contribution in [1.29, 1.82) is 0 Å². The third-order valence-electron chi connectivity index (χ3n) is 5.41. The molecule has 0 saturated carbocycles. The summed E-state index contributed by atoms with van der Waals surface area (Å²) in [5.41, 5.74) is 5.33. The van der Waals surface area contributed by atoms with Crippen molar-refractivity contribution in [1.82, 2.24) is 35.0 Å². The lowest BCUT2D eigenvalue weighted by Crippen LogP contribution is -2.13. The maximum atomic E-state index is 13.0. The van der Waals surface area contributed by atoms with Crippen LogP contribution in [0.1, 0.15) is 0 Å². The average molecular weight is 485 g/mol. The topological polar surface area (TPSA) is 142 Å². The Balaban J connectivity index is 1.34. The van der Waals surface area contributed by atoms with E-state index in [9.17, 15) is 8.42 Å². The second-order valence-electron chi connectivity index (χ2n) is 7.82. The Hall–Kier alpha value is -4.71. The fourth-order valence-corrected chi connectivity index (χ4v) is 4.93. The monoisotopic (exact) mass is 484 g/mol. The van der Waals surface area contributed by atoms with Gasteiger partial charge in [0.25, 0.3) is 10.0 Å². The van der Waals surface area contributed by atoms with Gasteiger partial charge in [0, 0.05) is 30.6 Å². The Bertz CT molecular complexity index is 1830. The predicted molar refractivity (Wildman–Crippen MR) is 128 cm³/mol. The van der Waals surface area contributed by atoms with Crippen molar-refractivity contribution < 1.29 is 13.0 Å². The number of nitrogens with zero attached hydrogens (tertiary/aromatic N) is 7. The van der Waals surface area contributed by atoms with E-state index in [0.29, 0.717) is 28.0 Å². The molecule has 11 nitrogen and oxygen atoms in total. The molecular formula is C23H16N8O3S. The molecule has 6 rings (SSSR count). The van der Waals surface area contributed by atoms with Crippen LogP contribution in [0.4, 0.5) is 5.69 Å². The van der Waals surface area contributed by atoms with Gasteiger partial charge in [-0.3, -0.25) is 19.4 Å². The minimum absolute atomic E-state index is 0.0365. The molecule has 0 fully saturated rings. The number of aromatic nitrogens is 7. The molecule has 4 heterocycles. The van der Waals surface area contributed by atoms with E-state index >= 15 is 0 Å². The van der Waals surface area contributed by atoms with Gasteiger partial charge in [-0.1, -0.05) is 12.1 Å². The zero-order valence-corrected chi connectivity index (χ0v) is 19.0. The third-order valence-corrected chi connectivity index (χ3v) is 6.82. The molecule has 6 aromatic rings. The van der Waals surface area contributed by atoms with Crippen molar-refractivity contribution in [3.8, 4) is 22.4 Å². The molecule has 4 aromatic heterocycles. The molecule has 0 spiro atoms. The van der Waals surface area contributed by atoms with Crippen molar-refractivity contribution in [3.05, 3.63) is 73.4 Å². The van der Waals surface area contributed by atoms with Crippen molar-refractivity contribution in [2.75, 3.05) is 4.72 Å².